The highest BCUT2D eigenvalue weighted by Gasteiger charge is 2.47. The maximum atomic E-state index is 13.3. The molecule has 0 bridgehead atoms. The van der Waals surface area contributed by atoms with Crippen LogP contribution in [0.25, 0.3) is 11.3 Å². The zero-order valence-corrected chi connectivity index (χ0v) is 22.5. The summed E-state index contributed by atoms with van der Waals surface area (Å²) in [6.07, 6.45) is -4.87. The molecule has 210 valence electrons. The van der Waals surface area contributed by atoms with Gasteiger partial charge in [0.25, 0.3) is 10.0 Å². The predicted octanol–water partition coefficient (Wildman–Crippen LogP) is 4.94. The Kier molecular flexibility index (Phi) is 8.56. The van der Waals surface area contributed by atoms with Crippen LogP contribution in [0.1, 0.15) is 41.8 Å². The van der Waals surface area contributed by atoms with Gasteiger partial charge in [-0.1, -0.05) is 38.1 Å². The van der Waals surface area contributed by atoms with E-state index in [2.05, 4.69) is 14.7 Å². The molecule has 0 amide bonds. The van der Waals surface area contributed by atoms with Crippen LogP contribution >= 0.6 is 0 Å². The van der Waals surface area contributed by atoms with E-state index in [1.54, 1.807) is 0 Å². The van der Waals surface area contributed by atoms with Gasteiger partial charge >= 0.3 is 12.1 Å². The van der Waals surface area contributed by atoms with Crippen LogP contribution in [0.4, 0.5) is 19.1 Å². The first kappa shape index (κ1) is 29.8. The first-order valence-electron chi connectivity index (χ1n) is 11.8. The van der Waals surface area contributed by atoms with Gasteiger partial charge in [-0.2, -0.15) is 18.2 Å². The SMILES string of the molecule is Cc1cccc(C)c1-c1cc(OCC(N)CC(C)(C)C(F)(F)F)nc(NS(=O)(=O)c2cccc(C(=O)O)c2)n1. The van der Waals surface area contributed by atoms with Crippen LogP contribution in [0.3, 0.4) is 0 Å². The van der Waals surface area contributed by atoms with Crippen LogP contribution in [0.2, 0.25) is 0 Å². The van der Waals surface area contributed by atoms with E-state index in [-0.39, 0.29) is 28.9 Å². The van der Waals surface area contributed by atoms with Crippen molar-refractivity contribution in [2.75, 3.05) is 11.3 Å². The average Bonchev–Trinajstić information content (AvgIpc) is 2.81. The maximum Gasteiger partial charge on any atom is 0.394 e. The summed E-state index contributed by atoms with van der Waals surface area (Å²) < 4.78 is 73.8. The lowest BCUT2D eigenvalue weighted by molar-refractivity contribution is -0.215. The lowest BCUT2D eigenvalue weighted by Gasteiger charge is -2.30. The van der Waals surface area contributed by atoms with Gasteiger partial charge < -0.3 is 15.6 Å². The fourth-order valence-corrected chi connectivity index (χ4v) is 4.88. The van der Waals surface area contributed by atoms with E-state index in [4.69, 9.17) is 10.5 Å². The second-order valence-corrected chi connectivity index (χ2v) is 11.5. The summed E-state index contributed by atoms with van der Waals surface area (Å²) in [6, 6.07) is 10.7. The standard InChI is InChI=1S/C26H29F3N4O5S/c1-15-7-5-8-16(2)22(15)20-12-21(38-14-18(30)13-25(3,4)26(27,28)29)32-24(31-20)33-39(36,37)19-10-6-9-17(11-19)23(34)35/h5-12,18H,13-14,30H2,1-4H3,(H,34,35)(H,31,32,33). The molecule has 0 saturated heterocycles. The van der Waals surface area contributed by atoms with Crippen LogP contribution in [0.5, 0.6) is 5.88 Å². The quantitative estimate of drug-likeness (QED) is 0.313. The minimum atomic E-state index is -4.46. The van der Waals surface area contributed by atoms with Crippen molar-refractivity contribution < 1.29 is 36.2 Å². The third-order valence-electron chi connectivity index (χ3n) is 6.04. The molecule has 9 nitrogen and oxygen atoms in total. The molecule has 0 aliphatic carbocycles. The molecule has 4 N–H and O–H groups in total. The minimum Gasteiger partial charge on any atom is -0.478 e. The summed E-state index contributed by atoms with van der Waals surface area (Å²) in [6.45, 7) is 5.43. The zero-order chi connectivity index (χ0) is 29.2. The van der Waals surface area contributed by atoms with E-state index >= 15 is 0 Å². The monoisotopic (exact) mass is 566 g/mol. The number of nitrogens with zero attached hydrogens (tertiary/aromatic N) is 2. The number of nitrogens with one attached hydrogen (secondary N) is 1. The number of halogens is 3. The van der Waals surface area contributed by atoms with E-state index in [1.165, 1.54) is 24.3 Å². The number of sulfonamides is 1. The molecule has 1 atom stereocenters. The number of ether oxygens (including phenoxy) is 1. The Morgan fingerprint density at radius 3 is 2.28 bits per heavy atom. The summed E-state index contributed by atoms with van der Waals surface area (Å²) in [5.74, 6) is -1.80. The van der Waals surface area contributed by atoms with Crippen molar-refractivity contribution in [2.45, 2.75) is 51.2 Å². The van der Waals surface area contributed by atoms with Crippen molar-refractivity contribution in [3.8, 4) is 17.1 Å². The summed E-state index contributed by atoms with van der Waals surface area (Å²) >= 11 is 0. The van der Waals surface area contributed by atoms with Crippen LogP contribution < -0.4 is 15.2 Å². The van der Waals surface area contributed by atoms with Crippen molar-refractivity contribution in [1.82, 2.24) is 9.97 Å². The Hall–Kier alpha value is -3.71. The van der Waals surface area contributed by atoms with Crippen LogP contribution in [0.15, 0.2) is 53.4 Å². The fourth-order valence-electron chi connectivity index (χ4n) is 3.89. The third-order valence-corrected chi connectivity index (χ3v) is 7.37. The van der Waals surface area contributed by atoms with Crippen molar-refractivity contribution in [2.24, 2.45) is 11.1 Å². The number of carboxylic acid groups (broad SMARTS) is 1. The smallest absolute Gasteiger partial charge is 0.394 e. The molecule has 1 heterocycles. The zero-order valence-electron chi connectivity index (χ0n) is 21.7. The molecule has 0 spiro atoms. The van der Waals surface area contributed by atoms with Crippen molar-refractivity contribution in [3.63, 3.8) is 0 Å². The van der Waals surface area contributed by atoms with Crippen molar-refractivity contribution in [3.05, 3.63) is 65.2 Å². The van der Waals surface area contributed by atoms with Gasteiger partial charge in [-0.25, -0.2) is 22.9 Å². The second kappa shape index (κ2) is 11.2. The highest BCUT2D eigenvalue weighted by Crippen LogP contribution is 2.41. The van der Waals surface area contributed by atoms with Gasteiger partial charge in [0.2, 0.25) is 11.8 Å². The van der Waals surface area contributed by atoms with E-state index in [1.807, 2.05) is 32.0 Å². The number of alkyl halides is 3. The third kappa shape index (κ3) is 7.24. The van der Waals surface area contributed by atoms with E-state index in [0.717, 1.165) is 31.0 Å². The molecule has 2 aromatic carbocycles. The molecule has 0 fully saturated rings. The van der Waals surface area contributed by atoms with Gasteiger partial charge in [-0.3, -0.25) is 0 Å². The first-order chi connectivity index (χ1) is 18.0. The number of aromatic carboxylic acids is 1. The Morgan fingerprint density at radius 2 is 1.69 bits per heavy atom. The maximum absolute atomic E-state index is 13.3. The van der Waals surface area contributed by atoms with Gasteiger partial charge in [-0.05, 0) is 49.6 Å². The van der Waals surface area contributed by atoms with Gasteiger partial charge in [0.05, 0.1) is 21.6 Å². The number of rotatable bonds is 10. The lowest BCUT2D eigenvalue weighted by Crippen LogP contribution is -2.40. The van der Waals surface area contributed by atoms with Gasteiger partial charge in [0.15, 0.2) is 0 Å². The number of aryl methyl sites for hydroxylation is 2. The van der Waals surface area contributed by atoms with Gasteiger partial charge in [0.1, 0.15) is 6.61 Å². The lowest BCUT2D eigenvalue weighted by atomic mass is 9.85. The fraction of sp³-hybridized carbons (Fsp3) is 0.346. The number of aromatic nitrogens is 2. The first-order valence-corrected chi connectivity index (χ1v) is 13.3. The summed E-state index contributed by atoms with van der Waals surface area (Å²) in [7, 11) is -4.32. The number of hydrogen-bond acceptors (Lipinski definition) is 7. The normalized spacial score (nSPS) is 13.1. The molecule has 0 aliphatic heterocycles. The van der Waals surface area contributed by atoms with Crippen molar-refractivity contribution >= 4 is 21.9 Å². The molecular formula is C26H29F3N4O5S. The molecule has 39 heavy (non-hydrogen) atoms. The average molecular weight is 567 g/mol. The van der Waals surface area contributed by atoms with Crippen molar-refractivity contribution in [1.29, 1.82) is 0 Å². The van der Waals surface area contributed by atoms with E-state index in [9.17, 15) is 31.5 Å². The molecule has 0 aliphatic rings. The number of carboxylic acids is 1. The molecule has 13 heteroatoms. The molecule has 1 unspecified atom stereocenters. The highest BCUT2D eigenvalue weighted by molar-refractivity contribution is 7.92. The topological polar surface area (TPSA) is 144 Å². The number of anilines is 1. The number of nitrogens with two attached hydrogens (primary N) is 1. The number of hydrogen-bond donors (Lipinski definition) is 3. The predicted molar refractivity (Wildman–Crippen MR) is 139 cm³/mol. The van der Waals surface area contributed by atoms with Crippen LogP contribution in [0, 0.1) is 19.3 Å². The Balaban J connectivity index is 1.97. The van der Waals surface area contributed by atoms with Gasteiger partial charge in [0, 0.05) is 17.7 Å². The molecule has 1 aromatic heterocycles. The molecular weight excluding hydrogens is 537 g/mol. The Labute approximate surface area is 224 Å². The van der Waals surface area contributed by atoms with Crippen LogP contribution in [-0.2, 0) is 10.0 Å². The highest BCUT2D eigenvalue weighted by atomic mass is 32.2. The number of benzene rings is 2. The Bertz CT molecular complexity index is 1460. The van der Waals surface area contributed by atoms with E-state index in [0.29, 0.717) is 11.3 Å². The Morgan fingerprint density at radius 1 is 1.08 bits per heavy atom. The summed E-state index contributed by atoms with van der Waals surface area (Å²) in [5, 5.41) is 9.21. The number of carbonyl (C=O) groups is 1. The molecule has 0 radical (unpaired) electrons. The second-order valence-electron chi connectivity index (χ2n) is 9.78. The van der Waals surface area contributed by atoms with Crippen LogP contribution in [-0.4, -0.2) is 48.3 Å². The van der Waals surface area contributed by atoms with E-state index < -0.39 is 40.0 Å². The summed E-state index contributed by atoms with van der Waals surface area (Å²) in [4.78, 5) is 19.4. The largest absolute Gasteiger partial charge is 0.478 e. The molecule has 3 rings (SSSR count). The van der Waals surface area contributed by atoms with Gasteiger partial charge in [-0.15, -0.1) is 0 Å². The molecule has 3 aromatic rings. The summed E-state index contributed by atoms with van der Waals surface area (Å²) in [5.41, 5.74) is 6.28. The molecule has 0 saturated carbocycles. The minimum absolute atomic E-state index is 0.111.